The summed E-state index contributed by atoms with van der Waals surface area (Å²) in [6, 6.07) is 24.7. The summed E-state index contributed by atoms with van der Waals surface area (Å²) in [6.07, 6.45) is 0.947. The summed E-state index contributed by atoms with van der Waals surface area (Å²) in [5, 5.41) is 19.6. The molecule has 0 spiro atoms. The fraction of sp³-hybridized carbons (Fsp3) is 0.303. The molecule has 4 N–H and O–H groups in total. The minimum atomic E-state index is -0.130. The van der Waals surface area contributed by atoms with Crippen LogP contribution in [-0.2, 0) is 17.9 Å². The van der Waals surface area contributed by atoms with Crippen molar-refractivity contribution in [3.05, 3.63) is 89.7 Å². The molecule has 0 aliphatic carbocycles. The summed E-state index contributed by atoms with van der Waals surface area (Å²) >= 11 is 0. The standard InChI is InChI=1S/C33H36N6O2/c40-30(22-39-18-3-14-34-20-26-6-2-7-27(38-26)21-35-17-19-39)36-15-16-37-33(41)29-13-11-25-9-8-23-4-1-5-24-10-12-28(29)32(25)31(23)24/h1-2,4-13,34-35H,3,14-22H2,(H,36,40)(H,37,41). The quantitative estimate of drug-likeness (QED) is 0.192. The molecule has 1 aliphatic heterocycles. The summed E-state index contributed by atoms with van der Waals surface area (Å²) in [5.74, 6) is -0.165. The van der Waals surface area contributed by atoms with E-state index in [0.29, 0.717) is 31.7 Å². The average Bonchev–Trinajstić information content (AvgIpc) is 3.00. The van der Waals surface area contributed by atoms with Gasteiger partial charge >= 0.3 is 0 Å². The Balaban J connectivity index is 1.01. The smallest absolute Gasteiger partial charge is 0.251 e. The number of pyridine rings is 1. The van der Waals surface area contributed by atoms with E-state index in [9.17, 15) is 9.59 Å². The fourth-order valence-electron chi connectivity index (χ4n) is 5.76. The van der Waals surface area contributed by atoms with Crippen LogP contribution in [0.25, 0.3) is 32.3 Å². The summed E-state index contributed by atoms with van der Waals surface area (Å²) in [6.45, 7) is 5.78. The monoisotopic (exact) mass is 548 g/mol. The first-order chi connectivity index (χ1) is 20.2. The molecule has 0 fully saturated rings. The Morgan fingerprint density at radius 1 is 0.732 bits per heavy atom. The molecule has 2 amide bonds. The fourth-order valence-corrected chi connectivity index (χ4v) is 5.76. The zero-order valence-corrected chi connectivity index (χ0v) is 23.2. The third-order valence-corrected chi connectivity index (χ3v) is 7.78. The van der Waals surface area contributed by atoms with E-state index >= 15 is 0 Å². The highest BCUT2D eigenvalue weighted by atomic mass is 16.2. The van der Waals surface area contributed by atoms with Crippen molar-refractivity contribution < 1.29 is 9.59 Å². The molecule has 1 aliphatic rings. The lowest BCUT2D eigenvalue weighted by molar-refractivity contribution is -0.122. The van der Waals surface area contributed by atoms with Gasteiger partial charge in [-0.2, -0.15) is 0 Å². The van der Waals surface area contributed by atoms with Gasteiger partial charge in [-0.25, -0.2) is 0 Å². The summed E-state index contributed by atoms with van der Waals surface area (Å²) in [7, 11) is 0. The number of carbonyl (C=O) groups is 2. The van der Waals surface area contributed by atoms with E-state index in [1.807, 2.05) is 36.4 Å². The van der Waals surface area contributed by atoms with E-state index < -0.39 is 0 Å². The molecule has 6 rings (SSSR count). The van der Waals surface area contributed by atoms with E-state index in [-0.39, 0.29) is 11.8 Å². The van der Waals surface area contributed by atoms with Crippen LogP contribution in [0.1, 0.15) is 28.2 Å². The maximum Gasteiger partial charge on any atom is 0.251 e. The molecule has 0 saturated carbocycles. The number of amides is 2. The SMILES string of the molecule is O=C(CN1CCCNCc2cccc(n2)CNCC1)NCCNC(=O)c1ccc2ccc3cccc4ccc1c2c34. The first kappa shape index (κ1) is 27.1. The van der Waals surface area contributed by atoms with Gasteiger partial charge in [-0.3, -0.25) is 19.5 Å². The molecule has 2 bridgehead atoms. The van der Waals surface area contributed by atoms with E-state index in [1.54, 1.807) is 0 Å². The topological polar surface area (TPSA) is 98.4 Å². The molecule has 1 aromatic heterocycles. The number of nitrogens with one attached hydrogen (secondary N) is 4. The molecule has 8 nitrogen and oxygen atoms in total. The lowest BCUT2D eigenvalue weighted by atomic mass is 9.92. The van der Waals surface area contributed by atoms with Gasteiger partial charge in [0, 0.05) is 44.8 Å². The molecule has 0 unspecified atom stereocenters. The Labute approximate surface area is 239 Å². The second-order valence-electron chi connectivity index (χ2n) is 10.7. The number of rotatable bonds is 6. The van der Waals surface area contributed by atoms with Crippen LogP contribution in [-0.4, -0.2) is 67.5 Å². The average molecular weight is 549 g/mol. The lowest BCUT2D eigenvalue weighted by Gasteiger charge is -2.22. The number of hydrogen-bond acceptors (Lipinski definition) is 6. The van der Waals surface area contributed by atoms with Crippen molar-refractivity contribution in [2.45, 2.75) is 19.5 Å². The second-order valence-corrected chi connectivity index (χ2v) is 10.7. The summed E-state index contributed by atoms with van der Waals surface area (Å²) < 4.78 is 0. The van der Waals surface area contributed by atoms with Crippen LogP contribution in [0.15, 0.2) is 72.8 Å². The summed E-state index contributed by atoms with van der Waals surface area (Å²) in [4.78, 5) is 32.8. The minimum Gasteiger partial charge on any atom is -0.353 e. The van der Waals surface area contributed by atoms with Crippen LogP contribution in [0.5, 0.6) is 0 Å². The third kappa shape index (κ3) is 6.30. The van der Waals surface area contributed by atoms with Crippen molar-refractivity contribution in [3.63, 3.8) is 0 Å². The molecule has 0 saturated heterocycles. The maximum absolute atomic E-state index is 13.2. The van der Waals surface area contributed by atoms with Crippen LogP contribution >= 0.6 is 0 Å². The van der Waals surface area contributed by atoms with Crippen LogP contribution in [0, 0.1) is 0 Å². The molecular formula is C33H36N6O2. The largest absolute Gasteiger partial charge is 0.353 e. The van der Waals surface area contributed by atoms with Gasteiger partial charge in [0.2, 0.25) is 5.91 Å². The van der Waals surface area contributed by atoms with Gasteiger partial charge in [-0.1, -0.05) is 54.6 Å². The molecular weight excluding hydrogens is 512 g/mol. The van der Waals surface area contributed by atoms with Gasteiger partial charge < -0.3 is 21.3 Å². The van der Waals surface area contributed by atoms with Crippen molar-refractivity contribution in [2.24, 2.45) is 0 Å². The van der Waals surface area contributed by atoms with Crippen molar-refractivity contribution in [2.75, 3.05) is 45.8 Å². The van der Waals surface area contributed by atoms with Gasteiger partial charge in [-0.15, -0.1) is 0 Å². The van der Waals surface area contributed by atoms with Crippen molar-refractivity contribution in [1.29, 1.82) is 0 Å². The predicted molar refractivity (Wildman–Crippen MR) is 164 cm³/mol. The molecule has 2 heterocycles. The number of hydrogen-bond donors (Lipinski definition) is 4. The number of nitrogens with zero attached hydrogens (tertiary/aromatic N) is 2. The number of fused-ring (bicyclic) bond motifs is 2. The summed E-state index contributed by atoms with van der Waals surface area (Å²) in [5.41, 5.74) is 2.73. The Morgan fingerprint density at radius 2 is 1.39 bits per heavy atom. The Morgan fingerprint density at radius 3 is 2.20 bits per heavy atom. The van der Waals surface area contributed by atoms with Crippen molar-refractivity contribution >= 4 is 44.1 Å². The predicted octanol–water partition coefficient (Wildman–Crippen LogP) is 3.41. The molecule has 5 aromatic rings. The van der Waals surface area contributed by atoms with E-state index in [1.165, 1.54) is 16.2 Å². The van der Waals surface area contributed by atoms with E-state index in [0.717, 1.165) is 66.7 Å². The normalized spacial score (nSPS) is 15.3. The van der Waals surface area contributed by atoms with Crippen LogP contribution in [0.4, 0.5) is 0 Å². The van der Waals surface area contributed by atoms with Gasteiger partial charge in [0.05, 0.1) is 17.9 Å². The van der Waals surface area contributed by atoms with Crippen LogP contribution in [0.2, 0.25) is 0 Å². The number of aromatic nitrogens is 1. The van der Waals surface area contributed by atoms with Gasteiger partial charge in [0.15, 0.2) is 0 Å². The molecule has 8 heteroatoms. The van der Waals surface area contributed by atoms with Crippen LogP contribution < -0.4 is 21.3 Å². The highest BCUT2D eigenvalue weighted by Crippen LogP contribution is 2.35. The number of benzene rings is 4. The highest BCUT2D eigenvalue weighted by molar-refractivity contribution is 6.26. The van der Waals surface area contributed by atoms with Gasteiger partial charge in [0.25, 0.3) is 5.91 Å². The Kier molecular flexibility index (Phi) is 8.32. The van der Waals surface area contributed by atoms with E-state index in [4.69, 9.17) is 0 Å². The van der Waals surface area contributed by atoms with E-state index in [2.05, 4.69) is 67.5 Å². The Bertz CT molecular complexity index is 1650. The van der Waals surface area contributed by atoms with Gasteiger partial charge in [0.1, 0.15) is 0 Å². The molecule has 210 valence electrons. The first-order valence-electron chi connectivity index (χ1n) is 14.5. The minimum absolute atomic E-state index is 0.0347. The van der Waals surface area contributed by atoms with Crippen LogP contribution in [0.3, 0.4) is 0 Å². The maximum atomic E-state index is 13.2. The second kappa shape index (κ2) is 12.6. The van der Waals surface area contributed by atoms with Gasteiger partial charge in [-0.05, 0) is 70.0 Å². The zero-order chi connectivity index (χ0) is 28.0. The highest BCUT2D eigenvalue weighted by Gasteiger charge is 2.15. The third-order valence-electron chi connectivity index (χ3n) is 7.78. The molecule has 0 atom stereocenters. The molecule has 0 radical (unpaired) electrons. The first-order valence-corrected chi connectivity index (χ1v) is 14.5. The zero-order valence-electron chi connectivity index (χ0n) is 23.2. The number of carbonyl (C=O) groups excluding carboxylic acids is 2. The molecule has 4 aromatic carbocycles. The lowest BCUT2D eigenvalue weighted by Crippen LogP contribution is -2.43. The molecule has 41 heavy (non-hydrogen) atoms. The van der Waals surface area contributed by atoms with Crippen molar-refractivity contribution in [1.82, 2.24) is 31.2 Å². The van der Waals surface area contributed by atoms with Crippen molar-refractivity contribution in [3.8, 4) is 0 Å². The Hall–Kier alpha value is -4.11.